The Morgan fingerprint density at radius 2 is 1.72 bits per heavy atom. The number of hydrogen-bond donors (Lipinski definition) is 0. The molecule has 0 radical (unpaired) electrons. The number of benzene rings is 3. The number of carbonyl (C=O) groups is 1. The molecule has 0 atom stereocenters. The van der Waals surface area contributed by atoms with Crippen LogP contribution in [-0.2, 0) is 13.0 Å². The molecule has 0 bridgehead atoms. The first-order valence-electron chi connectivity index (χ1n) is 11.6. The molecule has 7 heteroatoms. The second-order valence-corrected chi connectivity index (χ2v) is 8.97. The highest BCUT2D eigenvalue weighted by molar-refractivity contribution is 5.95. The van der Waals surface area contributed by atoms with E-state index in [0.29, 0.717) is 58.8 Å². The van der Waals surface area contributed by atoms with Crippen molar-refractivity contribution < 1.29 is 18.1 Å². The van der Waals surface area contributed by atoms with Gasteiger partial charge >= 0.3 is 0 Å². The zero-order valence-electron chi connectivity index (χ0n) is 19.5. The quantitative estimate of drug-likeness (QED) is 0.328. The third kappa shape index (κ3) is 3.88. The number of amides is 1. The van der Waals surface area contributed by atoms with E-state index in [1.54, 1.807) is 47.4 Å². The summed E-state index contributed by atoms with van der Waals surface area (Å²) in [7, 11) is 0. The summed E-state index contributed by atoms with van der Waals surface area (Å²) in [6.45, 7) is 2.78. The maximum Gasteiger partial charge on any atom is 0.254 e. The summed E-state index contributed by atoms with van der Waals surface area (Å²) < 4.78 is 24.8. The summed E-state index contributed by atoms with van der Waals surface area (Å²) in [5, 5.41) is 4.72. The minimum Gasteiger partial charge on any atom is -0.456 e. The molecule has 0 aliphatic carbocycles. The molecule has 178 valence electrons. The lowest BCUT2D eigenvalue weighted by Crippen LogP contribution is -2.35. The monoisotopic (exact) mass is 480 g/mol. The van der Waals surface area contributed by atoms with Crippen LogP contribution >= 0.6 is 0 Å². The zero-order valence-corrected chi connectivity index (χ0v) is 19.5. The Morgan fingerprint density at radius 1 is 0.972 bits per heavy atom. The highest BCUT2D eigenvalue weighted by Crippen LogP contribution is 2.31. The maximum absolute atomic E-state index is 13.3. The molecule has 0 N–H and O–H groups in total. The fourth-order valence-corrected chi connectivity index (χ4v) is 4.60. The Balaban J connectivity index is 1.22. The predicted octanol–water partition coefficient (Wildman–Crippen LogP) is 5.76. The van der Waals surface area contributed by atoms with Crippen molar-refractivity contribution in [3.05, 3.63) is 111 Å². The van der Waals surface area contributed by atoms with Crippen LogP contribution in [0.5, 0.6) is 0 Å². The van der Waals surface area contributed by atoms with Crippen molar-refractivity contribution in [1.29, 1.82) is 0 Å². The SMILES string of the molecule is Cc1ccc2oc(-c3ccc(C(=O)N4CCc5c(noc5-c5ccc(F)cc5)C4)cc3)cc(=O)c2c1. The molecule has 5 aromatic rings. The Bertz CT molecular complexity index is 1670. The average Bonchev–Trinajstić information content (AvgIpc) is 3.32. The number of hydrogen-bond acceptors (Lipinski definition) is 5. The molecule has 2 aromatic heterocycles. The molecule has 1 aliphatic heterocycles. The third-order valence-corrected chi connectivity index (χ3v) is 6.53. The van der Waals surface area contributed by atoms with Crippen LogP contribution in [0.2, 0.25) is 0 Å². The van der Waals surface area contributed by atoms with Crippen LogP contribution < -0.4 is 5.43 Å². The van der Waals surface area contributed by atoms with Crippen LogP contribution in [0.4, 0.5) is 4.39 Å². The molecule has 0 saturated carbocycles. The first-order valence-corrected chi connectivity index (χ1v) is 11.6. The van der Waals surface area contributed by atoms with Crippen molar-refractivity contribution in [3.8, 4) is 22.6 Å². The minimum atomic E-state index is -0.312. The van der Waals surface area contributed by atoms with Crippen molar-refractivity contribution in [1.82, 2.24) is 10.1 Å². The Hall–Kier alpha value is -4.52. The highest BCUT2D eigenvalue weighted by atomic mass is 19.1. The summed E-state index contributed by atoms with van der Waals surface area (Å²) in [4.78, 5) is 27.5. The van der Waals surface area contributed by atoms with E-state index in [4.69, 9.17) is 8.94 Å². The lowest BCUT2D eigenvalue weighted by atomic mass is 10.00. The number of carbonyl (C=O) groups excluding carboxylic acids is 1. The number of fused-ring (bicyclic) bond motifs is 2. The van der Waals surface area contributed by atoms with E-state index in [9.17, 15) is 14.0 Å². The summed E-state index contributed by atoms with van der Waals surface area (Å²) in [5.74, 6) is 0.643. The molecule has 36 heavy (non-hydrogen) atoms. The minimum absolute atomic E-state index is 0.105. The van der Waals surface area contributed by atoms with Gasteiger partial charge in [0.25, 0.3) is 5.91 Å². The fraction of sp³-hybridized carbons (Fsp3) is 0.138. The summed E-state index contributed by atoms with van der Waals surface area (Å²) in [5.41, 5.74) is 5.08. The normalized spacial score (nSPS) is 13.1. The lowest BCUT2D eigenvalue weighted by molar-refractivity contribution is 0.0731. The molecule has 0 unspecified atom stereocenters. The van der Waals surface area contributed by atoms with Crippen LogP contribution in [0.3, 0.4) is 0 Å². The Morgan fingerprint density at radius 3 is 2.50 bits per heavy atom. The van der Waals surface area contributed by atoms with Gasteiger partial charge in [-0.25, -0.2) is 4.39 Å². The van der Waals surface area contributed by atoms with Crippen LogP contribution in [0.15, 0.2) is 86.5 Å². The van der Waals surface area contributed by atoms with E-state index in [-0.39, 0.29) is 17.2 Å². The molecule has 3 aromatic carbocycles. The van der Waals surface area contributed by atoms with Crippen LogP contribution in [0.25, 0.3) is 33.6 Å². The van der Waals surface area contributed by atoms with E-state index < -0.39 is 0 Å². The third-order valence-electron chi connectivity index (χ3n) is 6.53. The first kappa shape index (κ1) is 22.0. The van der Waals surface area contributed by atoms with Gasteiger partial charge in [0.2, 0.25) is 0 Å². The van der Waals surface area contributed by atoms with E-state index in [1.807, 2.05) is 19.1 Å². The van der Waals surface area contributed by atoms with Gasteiger partial charge in [0.15, 0.2) is 11.2 Å². The van der Waals surface area contributed by atoms with Crippen molar-refractivity contribution >= 4 is 16.9 Å². The molecule has 6 rings (SSSR count). The van der Waals surface area contributed by atoms with Gasteiger partial charge in [0.1, 0.15) is 22.9 Å². The summed E-state index contributed by atoms with van der Waals surface area (Å²) in [6, 6.07) is 20.1. The van der Waals surface area contributed by atoms with E-state index in [1.165, 1.54) is 18.2 Å². The van der Waals surface area contributed by atoms with Gasteiger partial charge in [-0.2, -0.15) is 0 Å². The van der Waals surface area contributed by atoms with Gasteiger partial charge in [-0.15, -0.1) is 0 Å². The van der Waals surface area contributed by atoms with Gasteiger partial charge in [-0.05, 0) is 61.9 Å². The molecular formula is C29H21FN2O4. The Kier molecular flexibility index (Phi) is 5.25. The van der Waals surface area contributed by atoms with Crippen LogP contribution in [0.1, 0.15) is 27.2 Å². The van der Waals surface area contributed by atoms with Crippen molar-refractivity contribution in [2.75, 3.05) is 6.54 Å². The Labute approximate surface area is 205 Å². The van der Waals surface area contributed by atoms with Gasteiger partial charge < -0.3 is 13.8 Å². The number of nitrogens with zero attached hydrogens (tertiary/aromatic N) is 2. The molecular weight excluding hydrogens is 459 g/mol. The predicted molar refractivity (Wildman–Crippen MR) is 133 cm³/mol. The molecule has 0 fully saturated rings. The first-order chi connectivity index (χ1) is 17.5. The fourth-order valence-electron chi connectivity index (χ4n) is 4.60. The van der Waals surface area contributed by atoms with Crippen LogP contribution in [0, 0.1) is 12.7 Å². The number of rotatable bonds is 3. The topological polar surface area (TPSA) is 76.6 Å². The van der Waals surface area contributed by atoms with Gasteiger partial charge in [0, 0.05) is 34.9 Å². The lowest BCUT2D eigenvalue weighted by Gasteiger charge is -2.26. The van der Waals surface area contributed by atoms with Gasteiger partial charge in [-0.1, -0.05) is 28.9 Å². The second kappa shape index (κ2) is 8.61. The molecule has 1 amide bonds. The summed E-state index contributed by atoms with van der Waals surface area (Å²) in [6.07, 6.45) is 0.594. The molecule has 0 spiro atoms. The summed E-state index contributed by atoms with van der Waals surface area (Å²) >= 11 is 0. The largest absolute Gasteiger partial charge is 0.456 e. The number of aryl methyl sites for hydroxylation is 1. The van der Waals surface area contributed by atoms with Gasteiger partial charge in [-0.3, -0.25) is 9.59 Å². The molecule has 3 heterocycles. The van der Waals surface area contributed by atoms with Crippen LogP contribution in [-0.4, -0.2) is 22.5 Å². The van der Waals surface area contributed by atoms with Crippen molar-refractivity contribution in [3.63, 3.8) is 0 Å². The van der Waals surface area contributed by atoms with Crippen molar-refractivity contribution in [2.24, 2.45) is 0 Å². The van der Waals surface area contributed by atoms with E-state index >= 15 is 0 Å². The average molecular weight is 480 g/mol. The standard InChI is InChI=1S/C29H21FN2O4/c1-17-2-11-26-23(14-17)25(33)15-27(35-26)18-3-5-20(6-4-18)29(34)32-13-12-22-24(16-32)31-36-28(22)19-7-9-21(30)10-8-19/h2-11,14-15H,12-13,16H2,1H3. The molecule has 6 nitrogen and oxygen atoms in total. The second-order valence-electron chi connectivity index (χ2n) is 8.97. The number of aromatic nitrogens is 1. The van der Waals surface area contributed by atoms with E-state index in [0.717, 1.165) is 16.7 Å². The van der Waals surface area contributed by atoms with Gasteiger partial charge in [0.05, 0.1) is 11.9 Å². The highest BCUT2D eigenvalue weighted by Gasteiger charge is 2.28. The van der Waals surface area contributed by atoms with Crippen molar-refractivity contribution in [2.45, 2.75) is 19.9 Å². The zero-order chi connectivity index (χ0) is 24.8. The molecule has 1 aliphatic rings. The maximum atomic E-state index is 13.3. The molecule has 0 saturated heterocycles. The van der Waals surface area contributed by atoms with E-state index in [2.05, 4.69) is 5.16 Å². The number of halogens is 1. The smallest absolute Gasteiger partial charge is 0.254 e.